The van der Waals surface area contributed by atoms with Gasteiger partial charge in [0.05, 0.1) is 12.7 Å². The Morgan fingerprint density at radius 3 is 1.90 bits per heavy atom. The molecular formula is C24H21NO4S. The molecule has 0 aliphatic heterocycles. The van der Waals surface area contributed by atoms with E-state index in [0.29, 0.717) is 16.9 Å². The Balaban J connectivity index is 1.61. The number of oxime groups is 1. The molecule has 152 valence electrons. The summed E-state index contributed by atoms with van der Waals surface area (Å²) in [5.41, 5.74) is 2.10. The molecule has 3 rings (SSSR count). The van der Waals surface area contributed by atoms with Crippen LogP contribution in [0.2, 0.25) is 0 Å². The van der Waals surface area contributed by atoms with E-state index in [2.05, 4.69) is 29.4 Å². The lowest BCUT2D eigenvalue weighted by Gasteiger charge is -2.05. The normalized spacial score (nSPS) is 11.1. The second-order valence-corrected chi connectivity index (χ2v) is 7.70. The van der Waals surface area contributed by atoms with E-state index in [1.807, 2.05) is 19.1 Å². The molecule has 0 N–H and O–H groups in total. The van der Waals surface area contributed by atoms with Gasteiger partial charge in [-0.2, -0.15) is 0 Å². The van der Waals surface area contributed by atoms with Crippen molar-refractivity contribution in [2.75, 3.05) is 7.11 Å². The van der Waals surface area contributed by atoms with Crippen LogP contribution in [0.4, 0.5) is 0 Å². The molecule has 0 fully saturated rings. The molecule has 0 radical (unpaired) electrons. The Kier molecular flexibility index (Phi) is 7.03. The molecule has 0 spiro atoms. The lowest BCUT2D eigenvalue weighted by Crippen LogP contribution is -2.12. The molecule has 0 aromatic heterocycles. The van der Waals surface area contributed by atoms with Crippen LogP contribution >= 0.6 is 11.8 Å². The van der Waals surface area contributed by atoms with Crippen molar-refractivity contribution in [2.45, 2.75) is 23.6 Å². The first kappa shape index (κ1) is 21.3. The highest BCUT2D eigenvalue weighted by atomic mass is 32.2. The molecule has 0 atom stereocenters. The van der Waals surface area contributed by atoms with Crippen molar-refractivity contribution in [1.82, 2.24) is 0 Å². The van der Waals surface area contributed by atoms with Crippen molar-refractivity contribution in [1.29, 1.82) is 0 Å². The molecule has 0 heterocycles. The number of hydrogen-bond donors (Lipinski definition) is 0. The average molecular weight is 420 g/mol. The van der Waals surface area contributed by atoms with Gasteiger partial charge in [0.25, 0.3) is 0 Å². The molecule has 0 aliphatic carbocycles. The standard InChI is InChI=1S/C24H21NO4S/c1-16-4-12-21(13-5-16)30-22-14-8-18(9-15-22)23(26)17(2)25-29-24(27)19-6-10-20(28-3)11-7-19/h4-15H,1-3H3/b25-17+. The number of aryl methyl sites for hydroxylation is 1. The van der Waals surface area contributed by atoms with Gasteiger partial charge in [-0.25, -0.2) is 4.79 Å². The van der Waals surface area contributed by atoms with Gasteiger partial charge in [-0.3, -0.25) is 4.79 Å². The molecule has 0 saturated carbocycles. The minimum absolute atomic E-state index is 0.0933. The maximum atomic E-state index is 12.5. The van der Waals surface area contributed by atoms with Crippen molar-refractivity contribution in [2.24, 2.45) is 5.16 Å². The van der Waals surface area contributed by atoms with Crippen LogP contribution in [-0.4, -0.2) is 24.6 Å². The summed E-state index contributed by atoms with van der Waals surface area (Å²) < 4.78 is 5.05. The Labute approximate surface area is 179 Å². The minimum atomic E-state index is -0.644. The summed E-state index contributed by atoms with van der Waals surface area (Å²) in [6, 6.07) is 21.9. The van der Waals surface area contributed by atoms with Gasteiger partial charge in [0.15, 0.2) is 0 Å². The van der Waals surface area contributed by atoms with Crippen molar-refractivity contribution < 1.29 is 19.2 Å². The van der Waals surface area contributed by atoms with Gasteiger partial charge in [0, 0.05) is 15.4 Å². The van der Waals surface area contributed by atoms with Gasteiger partial charge >= 0.3 is 5.97 Å². The lowest BCUT2D eigenvalue weighted by atomic mass is 10.1. The highest BCUT2D eigenvalue weighted by Crippen LogP contribution is 2.28. The molecule has 0 amide bonds. The van der Waals surface area contributed by atoms with Crippen LogP contribution in [-0.2, 0) is 4.84 Å². The van der Waals surface area contributed by atoms with Gasteiger partial charge in [0.2, 0.25) is 5.78 Å². The minimum Gasteiger partial charge on any atom is -0.497 e. The maximum absolute atomic E-state index is 12.5. The largest absolute Gasteiger partial charge is 0.497 e. The Morgan fingerprint density at radius 1 is 0.800 bits per heavy atom. The van der Waals surface area contributed by atoms with Crippen LogP contribution in [0.3, 0.4) is 0 Å². The van der Waals surface area contributed by atoms with E-state index in [4.69, 9.17) is 9.57 Å². The fourth-order valence-electron chi connectivity index (χ4n) is 2.56. The van der Waals surface area contributed by atoms with Crippen molar-refractivity contribution in [3.05, 3.63) is 89.5 Å². The molecule has 6 heteroatoms. The number of ether oxygens (including phenoxy) is 1. The van der Waals surface area contributed by atoms with Gasteiger partial charge in [-0.15, -0.1) is 0 Å². The van der Waals surface area contributed by atoms with Gasteiger partial charge in [-0.1, -0.05) is 34.6 Å². The number of Topliss-reactive ketones (excluding diaryl/α,β-unsaturated/α-hetero) is 1. The monoisotopic (exact) mass is 419 g/mol. The zero-order valence-electron chi connectivity index (χ0n) is 16.9. The second kappa shape index (κ2) is 9.89. The van der Waals surface area contributed by atoms with Crippen LogP contribution in [0, 0.1) is 6.92 Å². The van der Waals surface area contributed by atoms with Gasteiger partial charge in [0.1, 0.15) is 11.5 Å². The Morgan fingerprint density at radius 2 is 1.33 bits per heavy atom. The zero-order chi connectivity index (χ0) is 21.5. The quantitative estimate of drug-likeness (QED) is 0.217. The molecule has 3 aromatic carbocycles. The first-order valence-corrected chi connectivity index (χ1v) is 10.1. The summed E-state index contributed by atoms with van der Waals surface area (Å²) in [4.78, 5) is 31.7. The molecular weight excluding hydrogens is 398 g/mol. The van der Waals surface area contributed by atoms with Crippen LogP contribution in [0.5, 0.6) is 5.75 Å². The molecule has 0 aliphatic rings. The molecule has 0 bridgehead atoms. The van der Waals surface area contributed by atoms with Gasteiger partial charge < -0.3 is 9.57 Å². The number of methoxy groups -OCH3 is 1. The van der Waals surface area contributed by atoms with E-state index in [9.17, 15) is 9.59 Å². The van der Waals surface area contributed by atoms with Crippen molar-refractivity contribution >= 4 is 29.2 Å². The van der Waals surface area contributed by atoms with E-state index >= 15 is 0 Å². The topological polar surface area (TPSA) is 65.0 Å². The summed E-state index contributed by atoms with van der Waals surface area (Å²) >= 11 is 1.62. The molecule has 3 aromatic rings. The molecule has 0 saturated heterocycles. The smallest absolute Gasteiger partial charge is 0.365 e. The highest BCUT2D eigenvalue weighted by Gasteiger charge is 2.13. The van der Waals surface area contributed by atoms with E-state index in [1.54, 1.807) is 55.3 Å². The van der Waals surface area contributed by atoms with Crippen LogP contribution in [0.15, 0.2) is 87.7 Å². The van der Waals surface area contributed by atoms with Crippen LogP contribution < -0.4 is 4.74 Å². The SMILES string of the molecule is COc1ccc(C(=O)O/N=C(\C)C(=O)c2ccc(Sc3ccc(C)cc3)cc2)cc1. The number of benzene rings is 3. The van der Waals surface area contributed by atoms with Crippen LogP contribution in [0.25, 0.3) is 0 Å². The first-order valence-electron chi connectivity index (χ1n) is 9.25. The van der Waals surface area contributed by atoms with E-state index in [-0.39, 0.29) is 11.5 Å². The Hall–Kier alpha value is -3.38. The fraction of sp³-hybridized carbons (Fsp3) is 0.125. The predicted molar refractivity (Wildman–Crippen MR) is 118 cm³/mol. The number of rotatable bonds is 7. The third-order valence-electron chi connectivity index (χ3n) is 4.29. The number of carbonyl (C=O) groups is 2. The fourth-order valence-corrected chi connectivity index (χ4v) is 3.37. The van der Waals surface area contributed by atoms with E-state index in [1.165, 1.54) is 12.5 Å². The van der Waals surface area contributed by atoms with Crippen LogP contribution in [0.1, 0.15) is 33.2 Å². The Bertz CT molecular complexity index is 1060. The number of hydrogen-bond acceptors (Lipinski definition) is 6. The lowest BCUT2D eigenvalue weighted by molar-refractivity contribution is 0.0515. The van der Waals surface area contributed by atoms with Crippen molar-refractivity contribution in [3.63, 3.8) is 0 Å². The average Bonchev–Trinajstić information content (AvgIpc) is 2.79. The summed E-state index contributed by atoms with van der Waals surface area (Å²) in [5, 5.41) is 3.70. The second-order valence-electron chi connectivity index (χ2n) is 6.55. The highest BCUT2D eigenvalue weighted by molar-refractivity contribution is 7.99. The van der Waals surface area contributed by atoms with Crippen molar-refractivity contribution in [3.8, 4) is 5.75 Å². The summed E-state index contributed by atoms with van der Waals surface area (Å²) in [6.07, 6.45) is 0. The molecule has 5 nitrogen and oxygen atoms in total. The third kappa shape index (κ3) is 5.58. The number of carbonyl (C=O) groups excluding carboxylic acids is 2. The van der Waals surface area contributed by atoms with E-state index in [0.717, 1.165) is 9.79 Å². The summed E-state index contributed by atoms with van der Waals surface area (Å²) in [5.74, 6) is -0.315. The maximum Gasteiger partial charge on any atom is 0.365 e. The molecule has 30 heavy (non-hydrogen) atoms. The number of nitrogens with zero attached hydrogens (tertiary/aromatic N) is 1. The first-order chi connectivity index (χ1) is 14.5. The van der Waals surface area contributed by atoms with Gasteiger partial charge in [-0.05, 0) is 74.5 Å². The summed E-state index contributed by atoms with van der Waals surface area (Å²) in [7, 11) is 1.54. The summed E-state index contributed by atoms with van der Waals surface area (Å²) in [6.45, 7) is 3.56. The predicted octanol–water partition coefficient (Wildman–Crippen LogP) is 5.57. The van der Waals surface area contributed by atoms with E-state index < -0.39 is 5.97 Å². The molecule has 0 unspecified atom stereocenters. The zero-order valence-corrected chi connectivity index (χ0v) is 17.7. The number of ketones is 1. The third-order valence-corrected chi connectivity index (χ3v) is 5.31.